The summed E-state index contributed by atoms with van der Waals surface area (Å²) < 4.78 is 10.4. The van der Waals surface area contributed by atoms with Crippen molar-refractivity contribution in [2.45, 2.75) is 31.6 Å². The lowest BCUT2D eigenvalue weighted by Crippen LogP contribution is -2.38. The van der Waals surface area contributed by atoms with Gasteiger partial charge in [0.2, 0.25) is 0 Å². The average Bonchev–Trinajstić information content (AvgIpc) is 2.79. The van der Waals surface area contributed by atoms with Crippen LogP contribution in [0.2, 0.25) is 0 Å². The molecule has 1 aromatic heterocycles. The van der Waals surface area contributed by atoms with Crippen LogP contribution >= 0.6 is 0 Å². The van der Waals surface area contributed by atoms with Crippen molar-refractivity contribution in [3.05, 3.63) is 77.3 Å². The number of aliphatic imine (C=N–C) groups is 1. The average molecular weight is 418 g/mol. The molecule has 3 atom stereocenters. The molecule has 6 heteroatoms. The second kappa shape index (κ2) is 9.35. The zero-order chi connectivity index (χ0) is 21.8. The molecule has 1 aliphatic carbocycles. The van der Waals surface area contributed by atoms with Gasteiger partial charge in [-0.25, -0.2) is 0 Å². The van der Waals surface area contributed by atoms with E-state index in [1.807, 2.05) is 37.3 Å². The first-order valence-electron chi connectivity index (χ1n) is 10.5. The number of methoxy groups -OCH3 is 1. The zero-order valence-electron chi connectivity index (χ0n) is 17.8. The molecule has 160 valence electrons. The number of rotatable bonds is 6. The minimum Gasteiger partial charge on any atom is -0.463 e. The van der Waals surface area contributed by atoms with Gasteiger partial charge in [0.05, 0.1) is 6.61 Å². The minimum absolute atomic E-state index is 0.0369. The van der Waals surface area contributed by atoms with Gasteiger partial charge in [0.1, 0.15) is 12.5 Å². The Kier molecular flexibility index (Phi) is 6.37. The normalized spacial score (nSPS) is 23.2. The molecule has 0 spiro atoms. The van der Waals surface area contributed by atoms with Crippen molar-refractivity contribution in [1.29, 1.82) is 0 Å². The van der Waals surface area contributed by atoms with Crippen molar-refractivity contribution < 1.29 is 19.1 Å². The number of ether oxygens (including phenoxy) is 2. The van der Waals surface area contributed by atoms with Crippen LogP contribution in [0, 0.1) is 5.92 Å². The quantitative estimate of drug-likeness (QED) is 0.526. The molecule has 1 unspecified atom stereocenters. The summed E-state index contributed by atoms with van der Waals surface area (Å²) in [5, 5.41) is 0. The predicted octanol–water partition coefficient (Wildman–Crippen LogP) is 3.85. The summed E-state index contributed by atoms with van der Waals surface area (Å²) in [5.74, 6) is -1.37. The summed E-state index contributed by atoms with van der Waals surface area (Å²) in [4.78, 5) is 35.4. The molecule has 0 amide bonds. The molecule has 6 nitrogen and oxygen atoms in total. The van der Waals surface area contributed by atoms with Crippen LogP contribution in [-0.4, -0.2) is 42.8 Å². The molecule has 0 bridgehead atoms. The Hall–Kier alpha value is -3.12. The number of nitrogens with zero attached hydrogens (tertiary/aromatic N) is 2. The Morgan fingerprint density at radius 3 is 2.55 bits per heavy atom. The van der Waals surface area contributed by atoms with Gasteiger partial charge in [0.25, 0.3) is 0 Å². The first-order valence-corrected chi connectivity index (χ1v) is 10.5. The second-order valence-corrected chi connectivity index (χ2v) is 7.95. The Labute approximate surface area is 182 Å². The van der Waals surface area contributed by atoms with Crippen LogP contribution in [0.15, 0.2) is 71.1 Å². The van der Waals surface area contributed by atoms with Crippen LogP contribution in [0.25, 0.3) is 0 Å². The van der Waals surface area contributed by atoms with Gasteiger partial charge in [-0.2, -0.15) is 0 Å². The Bertz CT molecular complexity index is 1010. The van der Waals surface area contributed by atoms with Gasteiger partial charge in [-0.15, -0.1) is 0 Å². The highest BCUT2D eigenvalue weighted by Crippen LogP contribution is 2.46. The third-order valence-corrected chi connectivity index (χ3v) is 5.99. The highest BCUT2D eigenvalue weighted by atomic mass is 16.6. The lowest BCUT2D eigenvalue weighted by Gasteiger charge is -2.36. The van der Waals surface area contributed by atoms with Crippen molar-refractivity contribution in [2.24, 2.45) is 10.9 Å². The topological polar surface area (TPSA) is 77.9 Å². The van der Waals surface area contributed by atoms with E-state index in [-0.39, 0.29) is 18.3 Å². The highest BCUT2D eigenvalue weighted by Gasteiger charge is 2.44. The maximum absolute atomic E-state index is 13.4. The number of benzene rings is 1. The molecule has 0 radical (unpaired) electrons. The number of hydrogen-bond donors (Lipinski definition) is 0. The second-order valence-electron chi connectivity index (χ2n) is 7.95. The third kappa shape index (κ3) is 4.35. The molecule has 2 heterocycles. The first kappa shape index (κ1) is 21.1. The van der Waals surface area contributed by atoms with Crippen LogP contribution in [0.5, 0.6) is 0 Å². The van der Waals surface area contributed by atoms with E-state index in [9.17, 15) is 9.59 Å². The number of allylic oxidation sites excluding steroid dienone is 2. The number of carbonyl (C=O) groups excluding carboxylic acids is 2. The standard InChI is InChI=1S/C25H26N2O4/c1-16-22(25(29)31-12-11-30-2)23(18-9-6-10-26-15-18)24-20(27-16)13-19(14-21(24)28)17-7-4-3-5-8-17/h3-10,15,19,22-23H,11-14H2,1-2H3/t19-,22?,23+/m1/s1. The molecular weight excluding hydrogens is 392 g/mol. The van der Waals surface area contributed by atoms with Gasteiger partial charge in [-0.3, -0.25) is 19.6 Å². The van der Waals surface area contributed by atoms with E-state index in [2.05, 4.69) is 17.1 Å². The number of esters is 1. The van der Waals surface area contributed by atoms with E-state index in [0.717, 1.165) is 16.8 Å². The number of pyridine rings is 1. The molecule has 0 N–H and O–H groups in total. The predicted molar refractivity (Wildman–Crippen MR) is 117 cm³/mol. The zero-order valence-corrected chi connectivity index (χ0v) is 17.8. The van der Waals surface area contributed by atoms with Crippen LogP contribution < -0.4 is 0 Å². The van der Waals surface area contributed by atoms with Gasteiger partial charge in [0, 0.05) is 48.8 Å². The molecular formula is C25H26N2O4. The Morgan fingerprint density at radius 1 is 1.06 bits per heavy atom. The van der Waals surface area contributed by atoms with Gasteiger partial charge >= 0.3 is 5.97 Å². The number of ketones is 1. The molecule has 31 heavy (non-hydrogen) atoms. The van der Waals surface area contributed by atoms with E-state index in [4.69, 9.17) is 14.5 Å². The van der Waals surface area contributed by atoms with Crippen molar-refractivity contribution >= 4 is 17.5 Å². The fourth-order valence-corrected chi connectivity index (χ4v) is 4.56. The summed E-state index contributed by atoms with van der Waals surface area (Å²) >= 11 is 0. The maximum Gasteiger partial charge on any atom is 0.315 e. The fraction of sp³-hybridized carbons (Fsp3) is 0.360. The number of Topliss-reactive ketones (excluding diaryl/α,β-unsaturated/α-hetero) is 1. The van der Waals surface area contributed by atoms with E-state index < -0.39 is 17.8 Å². The monoisotopic (exact) mass is 418 g/mol. The molecule has 0 fully saturated rings. The van der Waals surface area contributed by atoms with Crippen LogP contribution in [0.1, 0.15) is 42.7 Å². The molecule has 0 saturated heterocycles. The molecule has 2 aromatic rings. The SMILES string of the molecule is COCCOC(=O)C1C(C)=NC2=C(C(=O)C[C@H](c3ccccc3)C2)[C@H]1c1cccnc1. The minimum atomic E-state index is -0.656. The van der Waals surface area contributed by atoms with E-state index in [0.29, 0.717) is 30.7 Å². The molecule has 1 aliphatic heterocycles. The highest BCUT2D eigenvalue weighted by molar-refractivity contribution is 6.09. The van der Waals surface area contributed by atoms with Gasteiger partial charge in [-0.05, 0) is 36.5 Å². The molecule has 1 aromatic carbocycles. The summed E-state index contributed by atoms with van der Waals surface area (Å²) in [5.41, 5.74) is 4.02. The smallest absolute Gasteiger partial charge is 0.315 e. The van der Waals surface area contributed by atoms with Crippen molar-refractivity contribution in [3.63, 3.8) is 0 Å². The summed E-state index contributed by atoms with van der Waals surface area (Å²) in [6, 6.07) is 13.8. The molecule has 4 rings (SSSR count). The maximum atomic E-state index is 13.4. The molecule has 0 saturated carbocycles. The number of hydrogen-bond acceptors (Lipinski definition) is 6. The lowest BCUT2D eigenvalue weighted by molar-refractivity contribution is -0.147. The van der Waals surface area contributed by atoms with Crippen LogP contribution in [0.4, 0.5) is 0 Å². The van der Waals surface area contributed by atoms with Crippen LogP contribution in [0.3, 0.4) is 0 Å². The van der Waals surface area contributed by atoms with Gasteiger partial charge in [0.15, 0.2) is 5.78 Å². The van der Waals surface area contributed by atoms with E-state index in [1.54, 1.807) is 19.5 Å². The van der Waals surface area contributed by atoms with Crippen LogP contribution in [-0.2, 0) is 19.1 Å². The number of aromatic nitrogens is 1. The van der Waals surface area contributed by atoms with Crippen molar-refractivity contribution in [3.8, 4) is 0 Å². The molecule has 2 aliphatic rings. The Morgan fingerprint density at radius 2 is 1.84 bits per heavy atom. The van der Waals surface area contributed by atoms with E-state index in [1.165, 1.54) is 0 Å². The summed E-state index contributed by atoms with van der Waals surface area (Å²) in [7, 11) is 1.56. The summed E-state index contributed by atoms with van der Waals surface area (Å²) in [6.45, 7) is 2.32. The van der Waals surface area contributed by atoms with Gasteiger partial charge < -0.3 is 9.47 Å². The number of carbonyl (C=O) groups is 2. The van der Waals surface area contributed by atoms with E-state index >= 15 is 0 Å². The third-order valence-electron chi connectivity index (χ3n) is 5.99. The first-order chi connectivity index (χ1) is 15.1. The Balaban J connectivity index is 1.73. The van der Waals surface area contributed by atoms with Gasteiger partial charge in [-0.1, -0.05) is 36.4 Å². The largest absolute Gasteiger partial charge is 0.463 e. The van der Waals surface area contributed by atoms with Crippen molar-refractivity contribution in [2.75, 3.05) is 20.3 Å². The lowest BCUT2D eigenvalue weighted by atomic mass is 9.69. The summed E-state index contributed by atoms with van der Waals surface area (Å²) in [6.07, 6.45) is 4.48. The van der Waals surface area contributed by atoms with Crippen molar-refractivity contribution in [1.82, 2.24) is 4.98 Å². The fourth-order valence-electron chi connectivity index (χ4n) is 4.56.